The van der Waals surface area contributed by atoms with Crippen molar-refractivity contribution in [2.45, 2.75) is 49.2 Å². The van der Waals surface area contributed by atoms with Gasteiger partial charge >= 0.3 is 289 Å². The van der Waals surface area contributed by atoms with E-state index >= 15 is 0 Å². The summed E-state index contributed by atoms with van der Waals surface area (Å²) in [5.74, 6) is 0. The Morgan fingerprint density at radius 3 is 1.62 bits per heavy atom. The van der Waals surface area contributed by atoms with Gasteiger partial charge in [0.15, 0.2) is 0 Å². The molecule has 5 atom stereocenters. The molecule has 1 amide bonds. The number of carbonyl (C=O) groups is 1. The summed E-state index contributed by atoms with van der Waals surface area (Å²) in [5, 5.41) is 2.39. The minimum atomic E-state index is -0.774. The molecule has 0 unspecified atom stereocenters. The Bertz CT molecular complexity index is 1650. The Balaban J connectivity index is 1.32. The van der Waals surface area contributed by atoms with E-state index in [-0.39, 0.29) is 21.6 Å². The van der Waals surface area contributed by atoms with Crippen molar-refractivity contribution >= 4 is 31.2 Å². The molecule has 5 aromatic rings. The second-order valence-corrected chi connectivity index (χ2v) is 13.8. The van der Waals surface area contributed by atoms with E-state index in [1.807, 2.05) is 140 Å². The van der Waals surface area contributed by atoms with Gasteiger partial charge in [-0.25, -0.2) is 0 Å². The van der Waals surface area contributed by atoms with Crippen molar-refractivity contribution in [3.8, 4) is 0 Å². The number of ether oxygens (including phenoxy) is 5. The molecule has 1 saturated heterocycles. The number of amides is 1. The van der Waals surface area contributed by atoms with Crippen molar-refractivity contribution in [2.75, 3.05) is 11.9 Å². The summed E-state index contributed by atoms with van der Waals surface area (Å²) < 4.78 is 34.0. The maximum absolute atomic E-state index is 13.5. The third-order valence-electron chi connectivity index (χ3n) is 7.81. The molecule has 7 nitrogen and oxygen atoms in total. The fourth-order valence-corrected chi connectivity index (χ4v) is 7.81. The van der Waals surface area contributed by atoms with Crippen molar-refractivity contribution in [3.63, 3.8) is 0 Å². The number of carbonyl (C=O) groups excluding carboxylic acids is 1. The Morgan fingerprint density at radius 2 is 1.06 bits per heavy atom. The van der Waals surface area contributed by atoms with Gasteiger partial charge in [0, 0.05) is 0 Å². The molecule has 1 aliphatic heterocycles. The van der Waals surface area contributed by atoms with Gasteiger partial charge in [0.25, 0.3) is 0 Å². The van der Waals surface area contributed by atoms with E-state index in [0.717, 1.165) is 21.2 Å². The van der Waals surface area contributed by atoms with E-state index in [4.69, 9.17) is 23.7 Å². The van der Waals surface area contributed by atoms with Crippen LogP contribution in [0.15, 0.2) is 152 Å². The molecule has 1 fully saturated rings. The molecule has 48 heavy (non-hydrogen) atoms. The van der Waals surface area contributed by atoms with Gasteiger partial charge in [0.2, 0.25) is 0 Å². The first-order valence-corrected chi connectivity index (χ1v) is 17.9. The molecular weight excluding hydrogens is 669 g/mol. The molecule has 0 aliphatic carbocycles. The Kier molecular flexibility index (Phi) is 12.4. The van der Waals surface area contributed by atoms with Crippen LogP contribution in [-0.4, -0.2) is 57.1 Å². The third kappa shape index (κ3) is 9.87. The third-order valence-corrected chi connectivity index (χ3v) is 10.2. The molecule has 1 N–H and O–H groups in total. The maximum atomic E-state index is 13.5. The van der Waals surface area contributed by atoms with E-state index in [9.17, 15) is 4.79 Å². The van der Waals surface area contributed by atoms with Crippen LogP contribution in [0.4, 0.5) is 10.5 Å². The zero-order valence-electron chi connectivity index (χ0n) is 26.5. The molecule has 1 heterocycles. The molecule has 0 saturated carbocycles. The molecule has 8 heteroatoms. The predicted octanol–water partition coefficient (Wildman–Crippen LogP) is 6.75. The first-order valence-electron chi connectivity index (χ1n) is 16.0. The van der Waals surface area contributed by atoms with Crippen molar-refractivity contribution in [2.24, 2.45) is 0 Å². The molecule has 0 radical (unpaired) electrons. The zero-order chi connectivity index (χ0) is 32.8. The second-order valence-electron chi connectivity index (χ2n) is 11.4. The minimum absolute atomic E-state index is 0.241. The van der Waals surface area contributed by atoms with E-state index < -0.39 is 35.5 Å². The zero-order valence-corrected chi connectivity index (χ0v) is 28.2. The van der Waals surface area contributed by atoms with Crippen LogP contribution in [0.5, 0.6) is 0 Å². The van der Waals surface area contributed by atoms with Crippen LogP contribution < -0.4 is 9.78 Å². The molecule has 5 aromatic carbocycles. The molecule has 1 aliphatic rings. The van der Waals surface area contributed by atoms with Crippen LogP contribution in [0.25, 0.3) is 0 Å². The van der Waals surface area contributed by atoms with Gasteiger partial charge in [-0.1, -0.05) is 0 Å². The van der Waals surface area contributed by atoms with Crippen LogP contribution in [0.3, 0.4) is 0 Å². The van der Waals surface area contributed by atoms with Crippen LogP contribution in [0.1, 0.15) is 16.7 Å². The summed E-state index contributed by atoms with van der Waals surface area (Å²) in [4.78, 5) is 13.5. The standard InChI is InChI=1S/C40H39NO6Se/c42-40(41-33-22-12-4-13-23-33)47-38-37(45-28-32-20-10-3-11-21-32)36(44-27-31-18-8-2-9-19-31)35(29-43-26-30-16-6-1-7-17-30)46-39(38)48-34-24-14-5-15-25-34/h1-25,35-39H,26-29H2,(H,41,42)/t35-,36-,37+,38-,39+/m1/s1. The van der Waals surface area contributed by atoms with E-state index in [2.05, 4.69) is 17.4 Å². The Labute approximate surface area is 288 Å². The molecule has 6 rings (SSSR count). The van der Waals surface area contributed by atoms with Crippen molar-refractivity contribution < 1.29 is 28.5 Å². The monoisotopic (exact) mass is 709 g/mol. The molecule has 0 bridgehead atoms. The Hall–Kier alpha value is -4.27. The summed E-state index contributed by atoms with van der Waals surface area (Å²) in [6, 6.07) is 49.4. The van der Waals surface area contributed by atoms with E-state index in [0.29, 0.717) is 25.5 Å². The topological polar surface area (TPSA) is 75.3 Å². The van der Waals surface area contributed by atoms with Gasteiger partial charge in [0.1, 0.15) is 0 Å². The van der Waals surface area contributed by atoms with Gasteiger partial charge in [-0.2, -0.15) is 0 Å². The molecular formula is C40H39NO6Se. The van der Waals surface area contributed by atoms with E-state index in [1.165, 1.54) is 0 Å². The van der Waals surface area contributed by atoms with E-state index in [1.54, 1.807) is 0 Å². The summed E-state index contributed by atoms with van der Waals surface area (Å²) >= 11 is -0.241. The first-order chi connectivity index (χ1) is 23.7. The number of anilines is 1. The fourth-order valence-electron chi connectivity index (χ4n) is 5.45. The van der Waals surface area contributed by atoms with Crippen LogP contribution in [0.2, 0.25) is 0 Å². The molecule has 0 aromatic heterocycles. The number of hydrogen-bond donors (Lipinski definition) is 1. The number of rotatable bonds is 14. The number of hydrogen-bond acceptors (Lipinski definition) is 6. The summed E-state index contributed by atoms with van der Waals surface area (Å²) in [5.41, 5.74) is 3.71. The van der Waals surface area contributed by atoms with Gasteiger partial charge in [-0.05, 0) is 0 Å². The van der Waals surface area contributed by atoms with Crippen molar-refractivity contribution in [1.82, 2.24) is 0 Å². The molecule has 0 spiro atoms. The average molecular weight is 709 g/mol. The first kappa shape index (κ1) is 33.6. The van der Waals surface area contributed by atoms with Crippen LogP contribution >= 0.6 is 0 Å². The SMILES string of the molecule is O=C(Nc1ccccc1)O[C@@H]1[C@@H](OCc2ccccc2)[C@H](OCc2ccccc2)[C@@H](COCc2ccccc2)O[C@H]1[Se]c1ccccc1. The summed E-state index contributed by atoms with van der Waals surface area (Å²) in [7, 11) is 0. The second kappa shape index (κ2) is 17.8. The summed E-state index contributed by atoms with van der Waals surface area (Å²) in [6.45, 7) is 1.32. The van der Waals surface area contributed by atoms with Crippen LogP contribution in [0, 0.1) is 0 Å². The Morgan fingerprint density at radius 1 is 0.583 bits per heavy atom. The van der Waals surface area contributed by atoms with Gasteiger partial charge in [-0.15, -0.1) is 0 Å². The fraction of sp³-hybridized carbons (Fsp3) is 0.225. The number of benzene rings is 5. The number of para-hydroxylation sites is 1. The average Bonchev–Trinajstić information content (AvgIpc) is 3.13. The normalized spacial score (nSPS) is 20.5. The van der Waals surface area contributed by atoms with Gasteiger partial charge < -0.3 is 0 Å². The van der Waals surface area contributed by atoms with Crippen molar-refractivity contribution in [1.29, 1.82) is 0 Å². The van der Waals surface area contributed by atoms with Gasteiger partial charge in [-0.3, -0.25) is 0 Å². The van der Waals surface area contributed by atoms with Gasteiger partial charge in [0.05, 0.1) is 0 Å². The summed E-state index contributed by atoms with van der Waals surface area (Å²) in [6.07, 6.45) is -3.13. The van der Waals surface area contributed by atoms with Crippen LogP contribution in [-0.2, 0) is 43.5 Å². The quantitative estimate of drug-likeness (QED) is 0.129. The number of nitrogens with one attached hydrogen (secondary N) is 1. The van der Waals surface area contributed by atoms with Crippen molar-refractivity contribution in [3.05, 3.63) is 168 Å². The predicted molar refractivity (Wildman–Crippen MR) is 187 cm³/mol. The molecule has 246 valence electrons.